The number of rotatable bonds is 5. The molecular formula is C19H22N2O3. The smallest absolute Gasteiger partial charge is 0.255 e. The van der Waals surface area contributed by atoms with Gasteiger partial charge in [-0.3, -0.25) is 4.79 Å². The van der Waals surface area contributed by atoms with E-state index in [2.05, 4.69) is 24.5 Å². The Balaban J connectivity index is 1.84. The molecule has 1 heterocycles. The number of amides is 1. The Morgan fingerprint density at radius 2 is 1.88 bits per heavy atom. The van der Waals surface area contributed by atoms with E-state index in [1.807, 2.05) is 36.4 Å². The predicted molar refractivity (Wildman–Crippen MR) is 93.6 cm³/mol. The van der Waals surface area contributed by atoms with E-state index >= 15 is 0 Å². The van der Waals surface area contributed by atoms with Crippen LogP contribution in [-0.2, 0) is 0 Å². The summed E-state index contributed by atoms with van der Waals surface area (Å²) >= 11 is 0. The van der Waals surface area contributed by atoms with Gasteiger partial charge in [-0.1, -0.05) is 32.0 Å². The molecule has 0 spiro atoms. The van der Waals surface area contributed by atoms with Crippen molar-refractivity contribution in [3.05, 3.63) is 53.6 Å². The minimum absolute atomic E-state index is 0.0894. The van der Waals surface area contributed by atoms with Gasteiger partial charge < -0.3 is 20.1 Å². The number of hydrogen-bond donors (Lipinski definition) is 2. The fourth-order valence-corrected chi connectivity index (χ4v) is 2.61. The summed E-state index contributed by atoms with van der Waals surface area (Å²) < 4.78 is 11.2. The van der Waals surface area contributed by atoms with Crippen LogP contribution in [0.1, 0.15) is 35.9 Å². The maximum absolute atomic E-state index is 12.3. The van der Waals surface area contributed by atoms with Crippen molar-refractivity contribution in [2.45, 2.75) is 20.0 Å². The summed E-state index contributed by atoms with van der Waals surface area (Å²) in [5.74, 6) is 1.71. The number of hydrogen-bond acceptors (Lipinski definition) is 4. The Labute approximate surface area is 142 Å². The van der Waals surface area contributed by atoms with Crippen LogP contribution in [-0.4, -0.2) is 19.6 Å². The van der Waals surface area contributed by atoms with Crippen molar-refractivity contribution in [2.24, 2.45) is 5.92 Å². The Morgan fingerprint density at radius 1 is 1.08 bits per heavy atom. The SMILES string of the molecule is COc1cc([C@@H]2NC(=O)c3ccccc3N2)ccc1OCC(C)C. The molecule has 2 aromatic carbocycles. The van der Waals surface area contributed by atoms with Crippen molar-refractivity contribution in [1.82, 2.24) is 5.32 Å². The fraction of sp³-hybridized carbons (Fsp3) is 0.316. The Morgan fingerprint density at radius 3 is 2.62 bits per heavy atom. The second-order valence-electron chi connectivity index (χ2n) is 6.21. The zero-order valence-electron chi connectivity index (χ0n) is 14.1. The van der Waals surface area contributed by atoms with Crippen LogP contribution in [0.4, 0.5) is 5.69 Å². The molecule has 1 atom stereocenters. The number of carbonyl (C=O) groups is 1. The molecule has 0 saturated carbocycles. The van der Waals surface area contributed by atoms with E-state index in [-0.39, 0.29) is 12.1 Å². The molecular weight excluding hydrogens is 304 g/mol. The molecule has 1 aliphatic rings. The van der Waals surface area contributed by atoms with E-state index in [1.54, 1.807) is 13.2 Å². The molecule has 0 radical (unpaired) electrons. The Kier molecular flexibility index (Phi) is 4.60. The zero-order chi connectivity index (χ0) is 17.1. The molecule has 1 aliphatic heterocycles. The van der Waals surface area contributed by atoms with Crippen molar-refractivity contribution < 1.29 is 14.3 Å². The molecule has 0 fully saturated rings. The highest BCUT2D eigenvalue weighted by Gasteiger charge is 2.24. The van der Waals surface area contributed by atoms with Gasteiger partial charge >= 0.3 is 0 Å². The van der Waals surface area contributed by atoms with Gasteiger partial charge in [0.05, 0.1) is 19.3 Å². The summed E-state index contributed by atoms with van der Waals surface area (Å²) in [6.07, 6.45) is -0.305. The minimum Gasteiger partial charge on any atom is -0.493 e. The molecule has 0 aliphatic carbocycles. The quantitative estimate of drug-likeness (QED) is 0.881. The number of benzene rings is 2. The summed E-state index contributed by atoms with van der Waals surface area (Å²) in [7, 11) is 1.61. The van der Waals surface area contributed by atoms with Gasteiger partial charge in [0, 0.05) is 5.69 Å². The van der Waals surface area contributed by atoms with Gasteiger partial charge in [0.1, 0.15) is 6.17 Å². The van der Waals surface area contributed by atoms with Crippen LogP contribution in [0, 0.1) is 5.92 Å². The van der Waals surface area contributed by atoms with Crippen LogP contribution >= 0.6 is 0 Å². The minimum atomic E-state index is -0.305. The van der Waals surface area contributed by atoms with E-state index in [9.17, 15) is 4.79 Å². The maximum Gasteiger partial charge on any atom is 0.255 e. The van der Waals surface area contributed by atoms with Crippen LogP contribution in [0.3, 0.4) is 0 Å². The average molecular weight is 326 g/mol. The molecule has 1 amide bonds. The van der Waals surface area contributed by atoms with Gasteiger partial charge in [0.15, 0.2) is 11.5 Å². The number of ether oxygens (including phenoxy) is 2. The van der Waals surface area contributed by atoms with Crippen molar-refractivity contribution in [3.63, 3.8) is 0 Å². The van der Waals surface area contributed by atoms with E-state index in [4.69, 9.17) is 9.47 Å². The van der Waals surface area contributed by atoms with Crippen molar-refractivity contribution >= 4 is 11.6 Å². The molecule has 5 nitrogen and oxygen atoms in total. The third-order valence-electron chi connectivity index (χ3n) is 3.84. The van der Waals surface area contributed by atoms with Crippen LogP contribution in [0.5, 0.6) is 11.5 Å². The highest BCUT2D eigenvalue weighted by Crippen LogP contribution is 2.33. The lowest BCUT2D eigenvalue weighted by Gasteiger charge is -2.28. The predicted octanol–water partition coefficient (Wildman–Crippen LogP) is 3.58. The van der Waals surface area contributed by atoms with E-state index in [0.29, 0.717) is 29.6 Å². The van der Waals surface area contributed by atoms with Gasteiger partial charge in [-0.15, -0.1) is 0 Å². The molecule has 0 aromatic heterocycles. The van der Waals surface area contributed by atoms with Gasteiger partial charge in [-0.2, -0.15) is 0 Å². The summed E-state index contributed by atoms with van der Waals surface area (Å²) in [5.41, 5.74) is 2.38. The monoisotopic (exact) mass is 326 g/mol. The first-order chi connectivity index (χ1) is 11.6. The van der Waals surface area contributed by atoms with Crippen LogP contribution in [0.2, 0.25) is 0 Å². The lowest BCUT2D eigenvalue weighted by Crippen LogP contribution is -2.38. The van der Waals surface area contributed by atoms with Gasteiger partial charge in [-0.25, -0.2) is 0 Å². The van der Waals surface area contributed by atoms with Gasteiger partial charge in [0.25, 0.3) is 5.91 Å². The molecule has 2 N–H and O–H groups in total. The van der Waals surface area contributed by atoms with E-state index in [0.717, 1.165) is 11.3 Å². The molecule has 0 unspecified atom stereocenters. The largest absolute Gasteiger partial charge is 0.493 e. The Bertz CT molecular complexity index is 743. The summed E-state index contributed by atoms with van der Waals surface area (Å²) in [6.45, 7) is 4.82. The fourth-order valence-electron chi connectivity index (χ4n) is 2.61. The third-order valence-corrected chi connectivity index (χ3v) is 3.84. The Hall–Kier alpha value is -2.69. The third kappa shape index (κ3) is 3.30. The van der Waals surface area contributed by atoms with Crippen LogP contribution < -0.4 is 20.1 Å². The first-order valence-corrected chi connectivity index (χ1v) is 8.05. The summed E-state index contributed by atoms with van der Waals surface area (Å²) in [6, 6.07) is 13.2. The molecule has 126 valence electrons. The lowest BCUT2D eigenvalue weighted by molar-refractivity contribution is 0.0935. The number of fused-ring (bicyclic) bond motifs is 1. The molecule has 24 heavy (non-hydrogen) atoms. The van der Waals surface area contributed by atoms with Gasteiger partial charge in [-0.05, 0) is 35.7 Å². The average Bonchev–Trinajstić information content (AvgIpc) is 2.59. The van der Waals surface area contributed by atoms with Crippen molar-refractivity contribution in [3.8, 4) is 11.5 Å². The van der Waals surface area contributed by atoms with Crippen LogP contribution in [0.25, 0.3) is 0 Å². The maximum atomic E-state index is 12.3. The van der Waals surface area contributed by atoms with Crippen LogP contribution in [0.15, 0.2) is 42.5 Å². The lowest BCUT2D eigenvalue weighted by atomic mass is 10.1. The number of anilines is 1. The molecule has 2 aromatic rings. The number of para-hydroxylation sites is 1. The van der Waals surface area contributed by atoms with E-state index in [1.165, 1.54) is 0 Å². The molecule has 3 rings (SSSR count). The molecule has 5 heteroatoms. The zero-order valence-corrected chi connectivity index (χ0v) is 14.1. The summed E-state index contributed by atoms with van der Waals surface area (Å²) in [5, 5.41) is 6.30. The van der Waals surface area contributed by atoms with Crippen molar-refractivity contribution in [1.29, 1.82) is 0 Å². The first-order valence-electron chi connectivity index (χ1n) is 8.05. The highest BCUT2D eigenvalue weighted by molar-refractivity contribution is 6.01. The molecule has 0 saturated heterocycles. The molecule has 0 bridgehead atoms. The standard InChI is InChI=1S/C19H22N2O3/c1-12(2)11-24-16-9-8-13(10-17(16)23-3)18-20-15-7-5-4-6-14(15)19(22)21-18/h4-10,12,18,20H,11H2,1-3H3,(H,21,22)/t18-/m0/s1. The summed E-state index contributed by atoms with van der Waals surface area (Å²) in [4.78, 5) is 12.3. The number of methoxy groups -OCH3 is 1. The van der Waals surface area contributed by atoms with Crippen molar-refractivity contribution in [2.75, 3.05) is 19.0 Å². The first kappa shape index (κ1) is 16.2. The second kappa shape index (κ2) is 6.83. The number of nitrogens with one attached hydrogen (secondary N) is 2. The topological polar surface area (TPSA) is 59.6 Å². The second-order valence-corrected chi connectivity index (χ2v) is 6.21. The van der Waals surface area contributed by atoms with Gasteiger partial charge in [0.2, 0.25) is 0 Å². The number of carbonyl (C=O) groups excluding carboxylic acids is 1. The normalized spacial score (nSPS) is 16.2. The highest BCUT2D eigenvalue weighted by atomic mass is 16.5. The van der Waals surface area contributed by atoms with E-state index < -0.39 is 0 Å².